The van der Waals surface area contributed by atoms with Crippen molar-refractivity contribution < 1.29 is 9.90 Å². The van der Waals surface area contributed by atoms with Gasteiger partial charge in [-0.05, 0) is 18.2 Å². The minimum absolute atomic E-state index is 0.0845. The predicted molar refractivity (Wildman–Crippen MR) is 94.2 cm³/mol. The minimum atomic E-state index is -0.119. The van der Waals surface area contributed by atoms with Crippen LogP contribution < -0.4 is 5.32 Å². The summed E-state index contributed by atoms with van der Waals surface area (Å²) < 4.78 is 1.83. The van der Waals surface area contributed by atoms with Gasteiger partial charge in [-0.2, -0.15) is 0 Å². The topological polar surface area (TPSA) is 82.7 Å². The van der Waals surface area contributed by atoms with Crippen LogP contribution in [0, 0.1) is 0 Å². The van der Waals surface area contributed by atoms with E-state index in [1.807, 2.05) is 17.7 Å². The SMILES string of the molecule is Cn1c(CO)nc2cc(C(=O)NC3CN(C4=NCCS4)C3)ccc21. The number of fused-ring (bicyclic) bond motifs is 1. The van der Waals surface area contributed by atoms with Crippen molar-refractivity contribution in [1.29, 1.82) is 0 Å². The van der Waals surface area contributed by atoms with Crippen molar-refractivity contribution in [1.82, 2.24) is 19.8 Å². The molecule has 1 aromatic heterocycles. The van der Waals surface area contributed by atoms with E-state index in [1.54, 1.807) is 23.9 Å². The Morgan fingerprint density at radius 3 is 3.00 bits per heavy atom. The monoisotopic (exact) mass is 345 g/mol. The Labute approximate surface area is 143 Å². The van der Waals surface area contributed by atoms with Crippen molar-refractivity contribution in [2.45, 2.75) is 12.6 Å². The van der Waals surface area contributed by atoms with Crippen molar-refractivity contribution in [3.8, 4) is 0 Å². The van der Waals surface area contributed by atoms with Gasteiger partial charge in [-0.25, -0.2) is 4.98 Å². The standard InChI is InChI=1S/C16H19N5O2S/c1-20-13-3-2-10(6-12(13)19-14(20)9-22)15(23)18-11-7-21(8-11)16-17-4-5-24-16/h2-3,6,11,22H,4-5,7-9H2,1H3,(H,18,23). The fraction of sp³-hybridized carbons (Fsp3) is 0.438. The third-order valence-electron chi connectivity index (χ3n) is 4.43. The molecule has 4 rings (SSSR count). The van der Waals surface area contributed by atoms with Gasteiger partial charge in [-0.3, -0.25) is 9.79 Å². The zero-order valence-electron chi connectivity index (χ0n) is 13.4. The normalized spacial score (nSPS) is 17.9. The van der Waals surface area contributed by atoms with E-state index in [0.29, 0.717) is 11.4 Å². The van der Waals surface area contributed by atoms with E-state index in [2.05, 4.69) is 20.2 Å². The van der Waals surface area contributed by atoms with Crippen molar-refractivity contribution in [3.63, 3.8) is 0 Å². The second-order valence-corrected chi connectivity index (χ2v) is 7.10. The minimum Gasteiger partial charge on any atom is -0.388 e. The van der Waals surface area contributed by atoms with Crippen molar-refractivity contribution in [2.24, 2.45) is 12.0 Å². The third-order valence-corrected chi connectivity index (χ3v) is 5.47. The molecule has 0 aliphatic carbocycles. The van der Waals surface area contributed by atoms with E-state index in [9.17, 15) is 9.90 Å². The number of aromatic nitrogens is 2. The average Bonchev–Trinajstić information content (AvgIpc) is 3.18. The Morgan fingerprint density at radius 1 is 1.46 bits per heavy atom. The van der Waals surface area contributed by atoms with Crippen LogP contribution in [-0.2, 0) is 13.7 Å². The van der Waals surface area contributed by atoms with Gasteiger partial charge >= 0.3 is 0 Å². The number of carbonyl (C=O) groups excluding carboxylic acids is 1. The number of nitrogens with one attached hydrogen (secondary N) is 1. The Balaban J connectivity index is 1.42. The molecule has 0 spiro atoms. The van der Waals surface area contributed by atoms with Gasteiger partial charge < -0.3 is 19.9 Å². The molecule has 7 nitrogen and oxygen atoms in total. The number of aryl methyl sites for hydroxylation is 1. The molecular weight excluding hydrogens is 326 g/mol. The highest BCUT2D eigenvalue weighted by Crippen LogP contribution is 2.21. The average molecular weight is 345 g/mol. The van der Waals surface area contributed by atoms with Crippen LogP contribution in [0.15, 0.2) is 23.2 Å². The first kappa shape index (κ1) is 15.5. The summed E-state index contributed by atoms with van der Waals surface area (Å²) in [4.78, 5) is 23.4. The summed E-state index contributed by atoms with van der Waals surface area (Å²) in [5.41, 5.74) is 2.22. The van der Waals surface area contributed by atoms with Gasteiger partial charge in [0.05, 0.1) is 23.6 Å². The highest BCUT2D eigenvalue weighted by atomic mass is 32.2. The number of aliphatic hydroxyl groups excluding tert-OH is 1. The van der Waals surface area contributed by atoms with Gasteiger partial charge in [-0.1, -0.05) is 11.8 Å². The second-order valence-electron chi connectivity index (χ2n) is 6.04. The van der Waals surface area contributed by atoms with Crippen LogP contribution in [-0.4, -0.2) is 62.1 Å². The molecule has 8 heteroatoms. The molecule has 126 valence electrons. The molecule has 0 atom stereocenters. The first-order valence-electron chi connectivity index (χ1n) is 7.95. The van der Waals surface area contributed by atoms with Crippen molar-refractivity contribution in [3.05, 3.63) is 29.6 Å². The number of imidazole rings is 1. The quantitative estimate of drug-likeness (QED) is 0.850. The lowest BCUT2D eigenvalue weighted by Crippen LogP contribution is -2.60. The number of likely N-dealkylation sites (tertiary alicyclic amines) is 1. The van der Waals surface area contributed by atoms with E-state index >= 15 is 0 Å². The van der Waals surface area contributed by atoms with E-state index in [4.69, 9.17) is 0 Å². The summed E-state index contributed by atoms with van der Waals surface area (Å²) in [6, 6.07) is 5.60. The van der Waals surface area contributed by atoms with Crippen LogP contribution in [0.4, 0.5) is 0 Å². The first-order valence-corrected chi connectivity index (χ1v) is 8.93. The van der Waals surface area contributed by atoms with Crippen LogP contribution >= 0.6 is 11.8 Å². The number of nitrogens with zero attached hydrogens (tertiary/aromatic N) is 4. The number of aliphatic hydroxyl groups is 1. The summed E-state index contributed by atoms with van der Waals surface area (Å²) in [7, 11) is 1.85. The van der Waals surface area contributed by atoms with Gasteiger partial charge in [0, 0.05) is 31.5 Å². The lowest BCUT2D eigenvalue weighted by atomic mass is 10.1. The fourth-order valence-corrected chi connectivity index (χ4v) is 3.92. The number of amides is 1. The van der Waals surface area contributed by atoms with Gasteiger partial charge in [0.15, 0.2) is 5.17 Å². The largest absolute Gasteiger partial charge is 0.388 e. The van der Waals surface area contributed by atoms with Crippen molar-refractivity contribution in [2.75, 3.05) is 25.4 Å². The molecule has 2 aliphatic heterocycles. The van der Waals surface area contributed by atoms with Crippen LogP contribution in [0.5, 0.6) is 0 Å². The molecule has 0 bridgehead atoms. The Kier molecular flexibility index (Phi) is 3.93. The van der Waals surface area contributed by atoms with Crippen LogP contribution in [0.2, 0.25) is 0 Å². The maximum atomic E-state index is 12.4. The number of carbonyl (C=O) groups is 1. The smallest absolute Gasteiger partial charge is 0.251 e. The first-order chi connectivity index (χ1) is 11.7. The lowest BCUT2D eigenvalue weighted by molar-refractivity contribution is 0.0892. The third kappa shape index (κ3) is 2.65. The summed E-state index contributed by atoms with van der Waals surface area (Å²) in [6.07, 6.45) is 0. The summed E-state index contributed by atoms with van der Waals surface area (Å²) in [6.45, 7) is 2.41. The van der Waals surface area contributed by atoms with E-state index in [1.165, 1.54) is 0 Å². The van der Waals surface area contributed by atoms with E-state index < -0.39 is 0 Å². The Bertz CT molecular complexity index is 825. The molecule has 1 amide bonds. The molecule has 3 heterocycles. The summed E-state index contributed by atoms with van der Waals surface area (Å²) >= 11 is 1.78. The molecule has 1 fully saturated rings. The summed E-state index contributed by atoms with van der Waals surface area (Å²) in [5, 5.41) is 13.5. The van der Waals surface area contributed by atoms with Gasteiger partial charge in [-0.15, -0.1) is 0 Å². The Morgan fingerprint density at radius 2 is 2.29 bits per heavy atom. The number of hydrogen-bond acceptors (Lipinski definition) is 6. The molecule has 1 aromatic carbocycles. The number of benzene rings is 1. The molecule has 2 N–H and O–H groups in total. The second kappa shape index (κ2) is 6.10. The Hall–Kier alpha value is -2.06. The fourth-order valence-electron chi connectivity index (χ4n) is 3.04. The molecule has 2 aromatic rings. The maximum absolute atomic E-state index is 12.4. The van der Waals surface area contributed by atoms with Gasteiger partial charge in [0.1, 0.15) is 12.4 Å². The predicted octanol–water partition coefficient (Wildman–Crippen LogP) is 0.582. The van der Waals surface area contributed by atoms with Crippen LogP contribution in [0.3, 0.4) is 0 Å². The zero-order chi connectivity index (χ0) is 16.7. The maximum Gasteiger partial charge on any atom is 0.251 e. The highest BCUT2D eigenvalue weighted by molar-refractivity contribution is 8.14. The number of rotatable bonds is 3. The molecule has 0 saturated carbocycles. The van der Waals surface area contributed by atoms with Crippen LogP contribution in [0.1, 0.15) is 16.2 Å². The van der Waals surface area contributed by atoms with Crippen molar-refractivity contribution >= 4 is 33.9 Å². The molecular formula is C16H19N5O2S. The van der Waals surface area contributed by atoms with E-state index in [-0.39, 0.29) is 18.6 Å². The highest BCUT2D eigenvalue weighted by Gasteiger charge is 2.31. The zero-order valence-corrected chi connectivity index (χ0v) is 14.2. The number of thioether (sulfide) groups is 1. The molecule has 2 aliphatic rings. The van der Waals surface area contributed by atoms with E-state index in [0.717, 1.165) is 41.6 Å². The number of hydrogen-bond donors (Lipinski definition) is 2. The summed E-state index contributed by atoms with van der Waals surface area (Å²) in [5.74, 6) is 1.56. The molecule has 24 heavy (non-hydrogen) atoms. The van der Waals surface area contributed by atoms with Gasteiger partial charge in [0.2, 0.25) is 0 Å². The molecule has 1 saturated heterocycles. The molecule has 0 unspecified atom stereocenters. The van der Waals surface area contributed by atoms with Crippen LogP contribution in [0.25, 0.3) is 11.0 Å². The number of amidine groups is 1. The van der Waals surface area contributed by atoms with Gasteiger partial charge in [0.25, 0.3) is 5.91 Å². The number of aliphatic imine (C=N–C) groups is 1. The molecule has 0 radical (unpaired) electrons. The lowest BCUT2D eigenvalue weighted by Gasteiger charge is -2.40.